The second-order valence-electron chi connectivity index (χ2n) is 5.77. The van der Waals surface area contributed by atoms with Crippen LogP contribution in [0, 0.1) is 19.8 Å². The molecule has 0 radical (unpaired) electrons. The number of hydrogen-bond donors (Lipinski definition) is 1. The molecule has 1 aromatic carbocycles. The molecule has 2 rings (SSSR count). The Labute approximate surface area is 115 Å². The van der Waals surface area contributed by atoms with Crippen molar-refractivity contribution in [3.05, 3.63) is 34.9 Å². The summed E-state index contributed by atoms with van der Waals surface area (Å²) in [5.41, 5.74) is 3.56. The molecule has 0 spiro atoms. The molecular formula is C16H23NO2. The number of amides is 1. The van der Waals surface area contributed by atoms with E-state index < -0.39 is 0 Å². The Morgan fingerprint density at radius 1 is 1.37 bits per heavy atom. The Balaban J connectivity index is 1.99. The highest BCUT2D eigenvalue weighted by Gasteiger charge is 2.26. The minimum atomic E-state index is -0.259. The van der Waals surface area contributed by atoms with Crippen LogP contribution in [0.25, 0.3) is 0 Å². The first-order valence-corrected chi connectivity index (χ1v) is 6.99. The first-order chi connectivity index (χ1) is 8.97. The first-order valence-electron chi connectivity index (χ1n) is 6.99. The fraction of sp³-hybridized carbons (Fsp3) is 0.562. The average molecular weight is 261 g/mol. The van der Waals surface area contributed by atoms with Crippen LogP contribution >= 0.6 is 0 Å². The molecule has 1 aliphatic heterocycles. The van der Waals surface area contributed by atoms with Crippen LogP contribution in [0.5, 0.6) is 0 Å². The summed E-state index contributed by atoms with van der Waals surface area (Å²) >= 11 is 0. The first kappa shape index (κ1) is 14.1. The molecule has 2 unspecified atom stereocenters. The maximum Gasteiger partial charge on any atom is 0.227 e. The number of aliphatic hydroxyl groups excluding tert-OH is 1. The molecule has 2 atom stereocenters. The van der Waals surface area contributed by atoms with Crippen LogP contribution in [0.4, 0.5) is 0 Å². The number of likely N-dealkylation sites (tertiary alicyclic amines) is 1. The molecule has 1 amide bonds. The van der Waals surface area contributed by atoms with E-state index in [1.807, 2.05) is 17.9 Å². The third-order valence-electron chi connectivity index (χ3n) is 4.14. The lowest BCUT2D eigenvalue weighted by molar-refractivity contribution is -0.133. The van der Waals surface area contributed by atoms with Gasteiger partial charge in [-0.25, -0.2) is 0 Å². The van der Waals surface area contributed by atoms with Crippen molar-refractivity contribution < 1.29 is 9.90 Å². The maximum atomic E-state index is 12.3. The minimum absolute atomic E-state index is 0.169. The van der Waals surface area contributed by atoms with Crippen molar-refractivity contribution in [2.75, 3.05) is 13.1 Å². The summed E-state index contributed by atoms with van der Waals surface area (Å²) in [6.07, 6.45) is 0.898. The lowest BCUT2D eigenvalue weighted by Gasteiger charge is -2.34. The molecule has 0 aliphatic carbocycles. The van der Waals surface area contributed by atoms with Crippen molar-refractivity contribution in [2.45, 2.75) is 39.7 Å². The van der Waals surface area contributed by atoms with Crippen LogP contribution in [0.1, 0.15) is 30.0 Å². The molecule has 19 heavy (non-hydrogen) atoms. The van der Waals surface area contributed by atoms with E-state index in [0.29, 0.717) is 25.9 Å². The molecule has 3 heteroatoms. The van der Waals surface area contributed by atoms with Crippen LogP contribution < -0.4 is 0 Å². The van der Waals surface area contributed by atoms with Gasteiger partial charge in [0.05, 0.1) is 12.5 Å². The zero-order valence-corrected chi connectivity index (χ0v) is 12.0. The van der Waals surface area contributed by atoms with Gasteiger partial charge in [-0.2, -0.15) is 0 Å². The number of carbonyl (C=O) groups is 1. The quantitative estimate of drug-likeness (QED) is 0.885. The van der Waals surface area contributed by atoms with E-state index in [1.165, 1.54) is 11.1 Å². The lowest BCUT2D eigenvalue weighted by Crippen LogP contribution is -2.45. The van der Waals surface area contributed by atoms with Gasteiger partial charge < -0.3 is 10.0 Å². The molecule has 0 bridgehead atoms. The number of piperidine rings is 1. The van der Waals surface area contributed by atoms with Gasteiger partial charge in [0, 0.05) is 13.1 Å². The van der Waals surface area contributed by atoms with Gasteiger partial charge in [0.15, 0.2) is 0 Å². The third kappa shape index (κ3) is 3.35. The Morgan fingerprint density at radius 3 is 2.74 bits per heavy atom. The van der Waals surface area contributed by atoms with Crippen LogP contribution in [0.15, 0.2) is 18.2 Å². The summed E-state index contributed by atoms with van der Waals surface area (Å²) in [6.45, 7) is 7.50. The van der Waals surface area contributed by atoms with E-state index in [1.54, 1.807) is 0 Å². The van der Waals surface area contributed by atoms with Gasteiger partial charge in [0.2, 0.25) is 5.91 Å². The molecule has 0 aromatic heterocycles. The van der Waals surface area contributed by atoms with Crippen molar-refractivity contribution in [2.24, 2.45) is 5.92 Å². The van der Waals surface area contributed by atoms with E-state index in [-0.39, 0.29) is 17.9 Å². The van der Waals surface area contributed by atoms with Crippen LogP contribution in [-0.2, 0) is 11.2 Å². The number of carbonyl (C=O) groups excluding carboxylic acids is 1. The van der Waals surface area contributed by atoms with Crippen LogP contribution in [0.2, 0.25) is 0 Å². The fourth-order valence-electron chi connectivity index (χ4n) is 2.56. The third-order valence-corrected chi connectivity index (χ3v) is 4.14. The molecule has 1 aliphatic rings. The average Bonchev–Trinajstić information content (AvgIpc) is 2.37. The number of nitrogens with zero attached hydrogens (tertiary/aromatic N) is 1. The zero-order valence-electron chi connectivity index (χ0n) is 12.0. The maximum absolute atomic E-state index is 12.3. The number of rotatable bonds is 2. The molecule has 0 saturated carbocycles. The van der Waals surface area contributed by atoms with Crippen molar-refractivity contribution in [1.82, 2.24) is 4.90 Å². The SMILES string of the molecule is Cc1ccc(CC(=O)N2CCC(O)C(C)C2)cc1C. The normalized spacial score (nSPS) is 23.5. The van der Waals surface area contributed by atoms with E-state index in [0.717, 1.165) is 5.56 Å². The monoisotopic (exact) mass is 261 g/mol. The Morgan fingerprint density at radius 2 is 2.11 bits per heavy atom. The second kappa shape index (κ2) is 5.74. The molecule has 3 nitrogen and oxygen atoms in total. The van der Waals surface area contributed by atoms with Crippen molar-refractivity contribution in [1.29, 1.82) is 0 Å². The summed E-state index contributed by atoms with van der Waals surface area (Å²) in [4.78, 5) is 14.1. The summed E-state index contributed by atoms with van der Waals surface area (Å²) < 4.78 is 0. The second-order valence-corrected chi connectivity index (χ2v) is 5.77. The molecule has 1 saturated heterocycles. The van der Waals surface area contributed by atoms with Crippen molar-refractivity contribution in [3.8, 4) is 0 Å². The number of benzene rings is 1. The molecule has 1 heterocycles. The van der Waals surface area contributed by atoms with Gasteiger partial charge in [-0.1, -0.05) is 25.1 Å². The Kier molecular flexibility index (Phi) is 4.25. The van der Waals surface area contributed by atoms with E-state index in [4.69, 9.17) is 0 Å². The molecule has 1 fully saturated rings. The van der Waals surface area contributed by atoms with Gasteiger partial charge in [-0.15, -0.1) is 0 Å². The van der Waals surface area contributed by atoms with Gasteiger partial charge in [-0.3, -0.25) is 4.79 Å². The van der Waals surface area contributed by atoms with Gasteiger partial charge in [0.25, 0.3) is 0 Å². The Hall–Kier alpha value is -1.35. The van der Waals surface area contributed by atoms with E-state index >= 15 is 0 Å². The highest BCUT2D eigenvalue weighted by Crippen LogP contribution is 2.18. The summed E-state index contributed by atoms with van der Waals surface area (Å²) in [5, 5.41) is 9.70. The molecular weight excluding hydrogens is 238 g/mol. The van der Waals surface area contributed by atoms with E-state index in [2.05, 4.69) is 26.0 Å². The summed E-state index contributed by atoms with van der Waals surface area (Å²) in [7, 11) is 0. The number of aryl methyl sites for hydroxylation is 2. The predicted octanol–water partition coefficient (Wildman–Crippen LogP) is 2.08. The predicted molar refractivity (Wildman–Crippen MR) is 76.0 cm³/mol. The highest BCUT2D eigenvalue weighted by atomic mass is 16.3. The fourth-order valence-corrected chi connectivity index (χ4v) is 2.56. The molecule has 1 aromatic rings. The lowest BCUT2D eigenvalue weighted by atomic mass is 9.96. The smallest absolute Gasteiger partial charge is 0.227 e. The molecule has 1 N–H and O–H groups in total. The number of hydrogen-bond acceptors (Lipinski definition) is 2. The van der Waals surface area contributed by atoms with Crippen LogP contribution in [0.3, 0.4) is 0 Å². The van der Waals surface area contributed by atoms with Crippen molar-refractivity contribution >= 4 is 5.91 Å². The molecule has 104 valence electrons. The van der Waals surface area contributed by atoms with Gasteiger partial charge in [0.1, 0.15) is 0 Å². The van der Waals surface area contributed by atoms with Gasteiger partial charge >= 0.3 is 0 Å². The standard InChI is InChI=1S/C16H23NO2/c1-11-4-5-14(8-12(11)2)9-16(19)17-7-6-15(18)13(3)10-17/h4-5,8,13,15,18H,6-7,9-10H2,1-3H3. The minimum Gasteiger partial charge on any atom is -0.393 e. The Bertz CT molecular complexity index is 470. The largest absolute Gasteiger partial charge is 0.393 e. The van der Waals surface area contributed by atoms with Gasteiger partial charge in [-0.05, 0) is 42.9 Å². The topological polar surface area (TPSA) is 40.5 Å². The van der Waals surface area contributed by atoms with Crippen LogP contribution in [-0.4, -0.2) is 35.1 Å². The highest BCUT2D eigenvalue weighted by molar-refractivity contribution is 5.79. The zero-order chi connectivity index (χ0) is 14.0. The van der Waals surface area contributed by atoms with E-state index in [9.17, 15) is 9.90 Å². The summed E-state index contributed by atoms with van der Waals surface area (Å²) in [5.74, 6) is 0.347. The summed E-state index contributed by atoms with van der Waals surface area (Å²) in [6, 6.07) is 6.19. The van der Waals surface area contributed by atoms with Crippen molar-refractivity contribution in [3.63, 3.8) is 0 Å². The number of aliphatic hydroxyl groups is 1.